The maximum atomic E-state index is 14.0. The summed E-state index contributed by atoms with van der Waals surface area (Å²) in [7, 11) is 1.80. The van der Waals surface area contributed by atoms with Crippen molar-refractivity contribution in [2.75, 3.05) is 57.8 Å². The molecule has 3 N–H and O–H groups in total. The molecule has 0 aromatic heterocycles. The molecule has 3 amide bonds. The number of carbonyl (C=O) groups excluding carboxylic acids is 2. The maximum absolute atomic E-state index is 14.0. The molecule has 3 aliphatic rings. The normalized spacial score (nSPS) is 22.0. The van der Waals surface area contributed by atoms with Crippen molar-refractivity contribution in [3.05, 3.63) is 59.2 Å². The number of carboxylic acid groups (broad SMARTS) is 1. The van der Waals surface area contributed by atoms with Crippen molar-refractivity contribution >= 4 is 23.6 Å². The van der Waals surface area contributed by atoms with Crippen LogP contribution in [0.2, 0.25) is 0 Å². The molecule has 232 valence electrons. The number of hydrogen-bond donors (Lipinski definition) is 2. The third-order valence-corrected chi connectivity index (χ3v) is 9.22. The number of anilines is 1. The highest BCUT2D eigenvalue weighted by Gasteiger charge is 2.47. The first kappa shape index (κ1) is 30.8. The molecule has 3 atom stereocenters. The van der Waals surface area contributed by atoms with E-state index in [2.05, 4.69) is 17.9 Å². The average Bonchev–Trinajstić information content (AvgIpc) is 3.62. The zero-order chi connectivity index (χ0) is 30.5. The van der Waals surface area contributed by atoms with Crippen LogP contribution < -0.4 is 15.4 Å². The maximum Gasteiger partial charge on any atom is 0.319 e. The molecule has 0 aliphatic carbocycles. The SMILES string of the molecule is CCCCN(C(=O)CN1C[C@H](c2ccc3c(c2)CCO3)C(C(=O)O)[C@@H]1CCN1CCCN(C)C1=O)c1cccc(CN)c1. The summed E-state index contributed by atoms with van der Waals surface area (Å²) in [5.74, 6) is -1.08. The summed E-state index contributed by atoms with van der Waals surface area (Å²) < 4.78 is 5.70. The van der Waals surface area contributed by atoms with Crippen molar-refractivity contribution in [1.29, 1.82) is 0 Å². The van der Waals surface area contributed by atoms with E-state index in [1.165, 1.54) is 0 Å². The number of carbonyl (C=O) groups is 3. The van der Waals surface area contributed by atoms with Crippen LogP contribution in [0.4, 0.5) is 10.5 Å². The lowest BCUT2D eigenvalue weighted by Crippen LogP contribution is -2.50. The first-order valence-corrected chi connectivity index (χ1v) is 15.6. The van der Waals surface area contributed by atoms with Crippen LogP contribution in [0.15, 0.2) is 42.5 Å². The number of amides is 3. The van der Waals surface area contributed by atoms with E-state index in [0.717, 1.165) is 60.4 Å². The third kappa shape index (κ3) is 6.80. The van der Waals surface area contributed by atoms with Gasteiger partial charge in [0.05, 0.1) is 19.1 Å². The minimum absolute atomic E-state index is 0.0283. The van der Waals surface area contributed by atoms with Crippen molar-refractivity contribution in [1.82, 2.24) is 14.7 Å². The topological polar surface area (TPSA) is 120 Å². The molecule has 3 aliphatic heterocycles. The molecule has 5 rings (SSSR count). The number of rotatable bonds is 12. The Morgan fingerprint density at radius 2 is 2.00 bits per heavy atom. The molecule has 43 heavy (non-hydrogen) atoms. The van der Waals surface area contributed by atoms with Gasteiger partial charge in [0.25, 0.3) is 0 Å². The summed E-state index contributed by atoms with van der Waals surface area (Å²) in [5.41, 5.74) is 9.72. The molecule has 0 saturated carbocycles. The molecule has 2 saturated heterocycles. The molecule has 0 bridgehead atoms. The number of unbranched alkanes of at least 4 members (excludes halogenated alkanes) is 1. The summed E-state index contributed by atoms with van der Waals surface area (Å²) in [6.07, 6.45) is 3.95. The molecule has 2 aromatic carbocycles. The van der Waals surface area contributed by atoms with Crippen LogP contribution >= 0.6 is 0 Å². The van der Waals surface area contributed by atoms with Crippen LogP contribution in [0.1, 0.15) is 55.2 Å². The standard InChI is InChI=1S/C33H45N5O5/c1-3-4-15-38(26-8-5-7-23(18-26)20-34)30(39)22-37-21-27(24-9-10-29-25(19-24)12-17-43-29)31(32(40)41)28(37)11-16-36-14-6-13-35(2)33(36)42/h5,7-10,18-19,27-28,31H,3-4,6,11-17,20-22,34H2,1-2H3,(H,40,41)/t27-,28+,31?/m1/s1. The van der Waals surface area contributed by atoms with Gasteiger partial charge in [-0.05, 0) is 54.2 Å². The highest BCUT2D eigenvalue weighted by molar-refractivity contribution is 5.95. The van der Waals surface area contributed by atoms with Gasteiger partial charge in [0.15, 0.2) is 0 Å². The van der Waals surface area contributed by atoms with E-state index in [1.807, 2.05) is 46.2 Å². The zero-order valence-electron chi connectivity index (χ0n) is 25.4. The van der Waals surface area contributed by atoms with Gasteiger partial charge in [-0.2, -0.15) is 0 Å². The Labute approximate surface area is 254 Å². The van der Waals surface area contributed by atoms with Crippen molar-refractivity contribution in [3.8, 4) is 5.75 Å². The van der Waals surface area contributed by atoms with E-state index < -0.39 is 17.9 Å². The van der Waals surface area contributed by atoms with Gasteiger partial charge in [-0.1, -0.05) is 37.6 Å². The minimum atomic E-state index is -0.873. The second-order valence-corrected chi connectivity index (χ2v) is 12.0. The van der Waals surface area contributed by atoms with Gasteiger partial charge >= 0.3 is 12.0 Å². The monoisotopic (exact) mass is 591 g/mol. The van der Waals surface area contributed by atoms with Crippen LogP contribution in [0.3, 0.4) is 0 Å². The largest absolute Gasteiger partial charge is 0.493 e. The quantitative estimate of drug-likeness (QED) is 0.388. The number of likely N-dealkylation sites (tertiary alicyclic amines) is 1. The Morgan fingerprint density at radius 3 is 2.77 bits per heavy atom. The van der Waals surface area contributed by atoms with Crippen molar-refractivity contribution in [2.45, 2.75) is 57.5 Å². The van der Waals surface area contributed by atoms with Crippen LogP contribution in [0.5, 0.6) is 5.75 Å². The summed E-state index contributed by atoms with van der Waals surface area (Å²) in [6, 6.07) is 13.3. The number of carboxylic acids is 1. The number of urea groups is 1. The molecule has 10 heteroatoms. The lowest BCUT2D eigenvalue weighted by molar-refractivity contribution is -0.143. The molecule has 0 radical (unpaired) electrons. The molecule has 2 aromatic rings. The number of benzene rings is 2. The van der Waals surface area contributed by atoms with Crippen molar-refractivity contribution in [3.63, 3.8) is 0 Å². The summed E-state index contributed by atoms with van der Waals surface area (Å²) >= 11 is 0. The molecule has 1 unspecified atom stereocenters. The van der Waals surface area contributed by atoms with E-state index in [0.29, 0.717) is 45.8 Å². The van der Waals surface area contributed by atoms with Gasteiger partial charge in [0, 0.05) is 70.4 Å². The van der Waals surface area contributed by atoms with Gasteiger partial charge in [-0.25, -0.2) is 4.79 Å². The van der Waals surface area contributed by atoms with Crippen LogP contribution in [0.25, 0.3) is 0 Å². The lowest BCUT2D eigenvalue weighted by Gasteiger charge is -2.35. The molecule has 2 fully saturated rings. The highest BCUT2D eigenvalue weighted by Crippen LogP contribution is 2.41. The van der Waals surface area contributed by atoms with Gasteiger partial charge in [-0.15, -0.1) is 0 Å². The third-order valence-electron chi connectivity index (χ3n) is 9.22. The van der Waals surface area contributed by atoms with E-state index in [1.54, 1.807) is 11.9 Å². The Balaban J connectivity index is 1.43. The summed E-state index contributed by atoms with van der Waals surface area (Å²) in [5, 5.41) is 10.6. The number of nitrogens with two attached hydrogens (primary N) is 1. The molecular formula is C33H45N5O5. The summed E-state index contributed by atoms with van der Waals surface area (Å²) in [4.78, 5) is 47.2. The predicted octanol–water partition coefficient (Wildman–Crippen LogP) is 3.53. The van der Waals surface area contributed by atoms with Crippen molar-refractivity contribution < 1.29 is 24.2 Å². The number of fused-ring (bicyclic) bond motifs is 1. The number of hydrogen-bond acceptors (Lipinski definition) is 6. The lowest BCUT2D eigenvalue weighted by atomic mass is 9.83. The predicted molar refractivity (Wildman–Crippen MR) is 165 cm³/mol. The van der Waals surface area contributed by atoms with Crippen LogP contribution in [-0.4, -0.2) is 96.7 Å². The fourth-order valence-corrected chi connectivity index (χ4v) is 6.88. The van der Waals surface area contributed by atoms with Crippen LogP contribution in [-0.2, 0) is 22.6 Å². The fourth-order valence-electron chi connectivity index (χ4n) is 6.88. The second-order valence-electron chi connectivity index (χ2n) is 12.0. The van der Waals surface area contributed by atoms with Crippen molar-refractivity contribution in [2.24, 2.45) is 11.7 Å². The average molecular weight is 592 g/mol. The van der Waals surface area contributed by atoms with E-state index >= 15 is 0 Å². The smallest absolute Gasteiger partial charge is 0.319 e. The molecule has 0 spiro atoms. The Bertz CT molecular complexity index is 1320. The molecule has 10 nitrogen and oxygen atoms in total. The second kappa shape index (κ2) is 13.8. The number of ether oxygens (including phenoxy) is 1. The van der Waals surface area contributed by atoms with Gasteiger partial charge in [0.1, 0.15) is 5.75 Å². The highest BCUT2D eigenvalue weighted by atomic mass is 16.5. The first-order chi connectivity index (χ1) is 20.8. The van der Waals surface area contributed by atoms with Gasteiger partial charge in [0.2, 0.25) is 5.91 Å². The number of nitrogens with zero attached hydrogens (tertiary/aromatic N) is 4. The molecular weight excluding hydrogens is 546 g/mol. The zero-order valence-corrected chi connectivity index (χ0v) is 25.4. The van der Waals surface area contributed by atoms with E-state index in [4.69, 9.17) is 10.5 Å². The van der Waals surface area contributed by atoms with E-state index in [-0.39, 0.29) is 24.4 Å². The Kier molecular flexibility index (Phi) is 9.87. The minimum Gasteiger partial charge on any atom is -0.493 e. The van der Waals surface area contributed by atoms with E-state index in [9.17, 15) is 19.5 Å². The fraction of sp³-hybridized carbons (Fsp3) is 0.545. The van der Waals surface area contributed by atoms with Crippen LogP contribution in [0, 0.1) is 5.92 Å². The Morgan fingerprint density at radius 1 is 1.16 bits per heavy atom. The Hall–Kier alpha value is -3.63. The van der Waals surface area contributed by atoms with Gasteiger partial charge < -0.3 is 30.3 Å². The summed E-state index contributed by atoms with van der Waals surface area (Å²) in [6.45, 7) is 6.07. The first-order valence-electron chi connectivity index (χ1n) is 15.6. The number of aliphatic carboxylic acids is 1. The van der Waals surface area contributed by atoms with Gasteiger partial charge in [-0.3, -0.25) is 14.5 Å². The molecule has 3 heterocycles.